The van der Waals surface area contributed by atoms with E-state index in [1.807, 2.05) is 29.2 Å². The van der Waals surface area contributed by atoms with E-state index in [1.54, 1.807) is 6.08 Å². The van der Waals surface area contributed by atoms with Gasteiger partial charge >= 0.3 is 0 Å². The van der Waals surface area contributed by atoms with Gasteiger partial charge in [-0.3, -0.25) is 9.69 Å². The van der Waals surface area contributed by atoms with Crippen molar-refractivity contribution in [1.82, 2.24) is 9.80 Å². The summed E-state index contributed by atoms with van der Waals surface area (Å²) in [6.07, 6.45) is 5.71. The van der Waals surface area contributed by atoms with Crippen LogP contribution < -0.4 is 9.47 Å². The summed E-state index contributed by atoms with van der Waals surface area (Å²) in [6.45, 7) is 5.48. The molecule has 3 aliphatic heterocycles. The number of ether oxygens (including phenoxy) is 3. The van der Waals surface area contributed by atoms with Crippen molar-refractivity contribution in [2.24, 2.45) is 0 Å². The summed E-state index contributed by atoms with van der Waals surface area (Å²) >= 11 is 0. The quantitative estimate of drug-likeness (QED) is 0.782. The van der Waals surface area contributed by atoms with Crippen molar-refractivity contribution in [2.75, 3.05) is 46.2 Å². The zero-order valence-corrected chi connectivity index (χ0v) is 14.4. The number of benzene rings is 1. The van der Waals surface area contributed by atoms with E-state index in [1.165, 1.54) is 0 Å². The molecule has 0 radical (unpaired) electrons. The summed E-state index contributed by atoms with van der Waals surface area (Å²) in [5, 5.41) is 0. The van der Waals surface area contributed by atoms with Crippen LogP contribution in [0.4, 0.5) is 0 Å². The van der Waals surface area contributed by atoms with Crippen molar-refractivity contribution in [1.29, 1.82) is 0 Å². The number of fused-ring (bicyclic) bond motifs is 1. The maximum Gasteiger partial charge on any atom is 0.246 e. The monoisotopic (exact) mass is 344 g/mol. The van der Waals surface area contributed by atoms with Crippen molar-refractivity contribution in [3.63, 3.8) is 0 Å². The largest absolute Gasteiger partial charge is 0.454 e. The molecule has 6 heteroatoms. The van der Waals surface area contributed by atoms with E-state index in [0.29, 0.717) is 6.04 Å². The molecule has 6 nitrogen and oxygen atoms in total. The van der Waals surface area contributed by atoms with Crippen molar-refractivity contribution in [3.8, 4) is 11.5 Å². The molecule has 0 aromatic heterocycles. The molecule has 1 aromatic carbocycles. The average molecular weight is 344 g/mol. The number of amides is 1. The van der Waals surface area contributed by atoms with Crippen molar-refractivity contribution < 1.29 is 19.0 Å². The second-order valence-electron chi connectivity index (χ2n) is 6.65. The highest BCUT2D eigenvalue weighted by atomic mass is 16.7. The Kier molecular flexibility index (Phi) is 4.90. The van der Waals surface area contributed by atoms with Gasteiger partial charge in [-0.1, -0.05) is 6.07 Å². The summed E-state index contributed by atoms with van der Waals surface area (Å²) in [4.78, 5) is 16.9. The Morgan fingerprint density at radius 1 is 1.04 bits per heavy atom. The van der Waals surface area contributed by atoms with E-state index in [9.17, 15) is 4.79 Å². The normalized spacial score (nSPS) is 21.8. The molecule has 3 aliphatic rings. The van der Waals surface area contributed by atoms with Crippen LogP contribution in [0, 0.1) is 0 Å². The molecule has 3 heterocycles. The van der Waals surface area contributed by atoms with Crippen LogP contribution in [-0.2, 0) is 9.53 Å². The van der Waals surface area contributed by atoms with Crippen molar-refractivity contribution in [3.05, 3.63) is 29.8 Å². The van der Waals surface area contributed by atoms with Gasteiger partial charge in [0, 0.05) is 51.5 Å². The Labute approximate surface area is 147 Å². The summed E-state index contributed by atoms with van der Waals surface area (Å²) < 4.78 is 16.1. The fourth-order valence-electron chi connectivity index (χ4n) is 3.65. The molecule has 0 unspecified atom stereocenters. The van der Waals surface area contributed by atoms with Crippen LogP contribution in [0.2, 0.25) is 0 Å². The van der Waals surface area contributed by atoms with Gasteiger partial charge in [-0.05, 0) is 36.6 Å². The minimum Gasteiger partial charge on any atom is -0.454 e. The fourth-order valence-corrected chi connectivity index (χ4v) is 3.65. The Hall–Kier alpha value is -2.05. The summed E-state index contributed by atoms with van der Waals surface area (Å²) in [5.74, 6) is 1.57. The Morgan fingerprint density at radius 2 is 1.80 bits per heavy atom. The molecule has 2 fully saturated rings. The van der Waals surface area contributed by atoms with Crippen LogP contribution in [0.1, 0.15) is 18.4 Å². The van der Waals surface area contributed by atoms with E-state index in [2.05, 4.69) is 4.90 Å². The molecule has 25 heavy (non-hydrogen) atoms. The van der Waals surface area contributed by atoms with Gasteiger partial charge in [-0.25, -0.2) is 0 Å². The summed E-state index contributed by atoms with van der Waals surface area (Å²) in [7, 11) is 0. The van der Waals surface area contributed by atoms with Crippen LogP contribution in [0.5, 0.6) is 11.5 Å². The van der Waals surface area contributed by atoms with E-state index in [4.69, 9.17) is 14.2 Å². The predicted molar refractivity (Wildman–Crippen MR) is 93.6 cm³/mol. The number of hydrogen-bond acceptors (Lipinski definition) is 5. The van der Waals surface area contributed by atoms with E-state index in [0.717, 1.165) is 69.3 Å². The first-order valence-electron chi connectivity index (χ1n) is 8.98. The van der Waals surface area contributed by atoms with Crippen molar-refractivity contribution in [2.45, 2.75) is 18.9 Å². The van der Waals surface area contributed by atoms with Gasteiger partial charge in [-0.15, -0.1) is 0 Å². The van der Waals surface area contributed by atoms with Crippen molar-refractivity contribution >= 4 is 12.0 Å². The van der Waals surface area contributed by atoms with Crippen LogP contribution in [-0.4, -0.2) is 67.9 Å². The molecule has 1 aromatic rings. The Morgan fingerprint density at radius 3 is 2.60 bits per heavy atom. The average Bonchev–Trinajstić information content (AvgIpc) is 3.15. The Balaban J connectivity index is 1.30. The highest BCUT2D eigenvalue weighted by Crippen LogP contribution is 2.32. The number of hydrogen-bond donors (Lipinski definition) is 0. The van der Waals surface area contributed by atoms with Gasteiger partial charge in [0.25, 0.3) is 0 Å². The first kappa shape index (κ1) is 16.4. The van der Waals surface area contributed by atoms with Crippen LogP contribution in [0.3, 0.4) is 0 Å². The maximum absolute atomic E-state index is 12.4. The molecule has 134 valence electrons. The molecular formula is C19H24N2O4. The second kappa shape index (κ2) is 7.45. The number of piperazine rings is 1. The lowest BCUT2D eigenvalue weighted by molar-refractivity contribution is -0.128. The third kappa shape index (κ3) is 3.80. The van der Waals surface area contributed by atoms with Crippen LogP contribution in [0.15, 0.2) is 24.3 Å². The summed E-state index contributed by atoms with van der Waals surface area (Å²) in [6, 6.07) is 6.32. The van der Waals surface area contributed by atoms with Gasteiger partial charge in [0.1, 0.15) is 0 Å². The lowest BCUT2D eigenvalue weighted by Gasteiger charge is -2.40. The van der Waals surface area contributed by atoms with Gasteiger partial charge in [0.15, 0.2) is 11.5 Å². The highest BCUT2D eigenvalue weighted by Gasteiger charge is 2.26. The molecule has 0 spiro atoms. The highest BCUT2D eigenvalue weighted by molar-refractivity contribution is 5.92. The first-order valence-corrected chi connectivity index (χ1v) is 8.98. The maximum atomic E-state index is 12.4. The molecule has 0 N–H and O–H groups in total. The predicted octanol–water partition coefficient (Wildman–Crippen LogP) is 1.75. The standard InChI is InChI=1S/C19H24N2O4/c22-19(4-2-15-1-3-17-18(13-15)25-14-24-17)21-9-7-20(8-10-21)16-5-11-23-12-6-16/h1-4,13,16H,5-12,14H2/b4-2+. The van der Waals surface area contributed by atoms with E-state index < -0.39 is 0 Å². The third-order valence-corrected chi connectivity index (χ3v) is 5.15. The zero-order valence-electron chi connectivity index (χ0n) is 14.4. The number of carbonyl (C=O) groups excluding carboxylic acids is 1. The van der Waals surface area contributed by atoms with E-state index in [-0.39, 0.29) is 12.7 Å². The van der Waals surface area contributed by atoms with Crippen LogP contribution >= 0.6 is 0 Å². The van der Waals surface area contributed by atoms with Gasteiger partial charge < -0.3 is 19.1 Å². The number of rotatable bonds is 3. The molecule has 0 bridgehead atoms. The molecule has 0 aliphatic carbocycles. The minimum absolute atomic E-state index is 0.0734. The zero-order chi connectivity index (χ0) is 17.1. The first-order chi connectivity index (χ1) is 12.3. The fraction of sp³-hybridized carbons (Fsp3) is 0.526. The number of carbonyl (C=O) groups is 1. The molecule has 1 amide bonds. The molecular weight excluding hydrogens is 320 g/mol. The van der Waals surface area contributed by atoms with Gasteiger partial charge in [0.05, 0.1) is 0 Å². The minimum atomic E-state index is 0.0734. The topological polar surface area (TPSA) is 51.2 Å². The molecule has 0 atom stereocenters. The van der Waals surface area contributed by atoms with Gasteiger partial charge in [-0.2, -0.15) is 0 Å². The molecule has 4 rings (SSSR count). The lowest BCUT2D eigenvalue weighted by atomic mass is 10.1. The molecule has 0 saturated carbocycles. The van der Waals surface area contributed by atoms with Crippen LogP contribution in [0.25, 0.3) is 6.08 Å². The Bertz CT molecular complexity index is 647. The van der Waals surface area contributed by atoms with E-state index >= 15 is 0 Å². The SMILES string of the molecule is O=C(/C=C/c1ccc2c(c1)OCO2)N1CCN(C2CCOCC2)CC1. The molecule has 2 saturated heterocycles. The third-order valence-electron chi connectivity index (χ3n) is 5.15. The van der Waals surface area contributed by atoms with Gasteiger partial charge in [0.2, 0.25) is 12.7 Å². The summed E-state index contributed by atoms with van der Waals surface area (Å²) in [5.41, 5.74) is 0.943. The number of nitrogens with zero attached hydrogens (tertiary/aromatic N) is 2. The smallest absolute Gasteiger partial charge is 0.246 e. The lowest BCUT2D eigenvalue weighted by Crippen LogP contribution is -2.52. The second-order valence-corrected chi connectivity index (χ2v) is 6.65.